The second-order valence-corrected chi connectivity index (χ2v) is 6.24. The molecule has 0 aliphatic carbocycles. The van der Waals surface area contributed by atoms with Gasteiger partial charge in [-0.1, -0.05) is 18.2 Å². The molecule has 3 aliphatic rings. The number of anilines is 1. The number of carbonyl (C=O) groups is 2. The molecule has 3 aliphatic heterocycles. The SMILES string of the molecule is CCOC(=O)N1CC[C@@H]2C(=O)N3CCc4cccc(c43)[C@H]2C1. The number of amides is 2. The Balaban J connectivity index is 1.70. The van der Waals surface area contributed by atoms with Crippen LogP contribution in [0.1, 0.15) is 30.4 Å². The molecule has 2 atom stereocenters. The van der Waals surface area contributed by atoms with Crippen molar-refractivity contribution in [3.63, 3.8) is 0 Å². The predicted octanol–water partition coefficient (Wildman–Crippen LogP) is 2.15. The van der Waals surface area contributed by atoms with Crippen molar-refractivity contribution in [3.8, 4) is 0 Å². The van der Waals surface area contributed by atoms with E-state index in [-0.39, 0.29) is 23.8 Å². The standard InChI is InChI=1S/C17H20N2O3/c1-2-22-17(21)18-8-7-13-14(10-18)12-5-3-4-11-6-9-19(15(11)12)16(13)20/h3-5,13-14H,2,6-10H2,1H3/t13-,14+/m0/s1. The Bertz CT molecular complexity index is 643. The first kappa shape index (κ1) is 13.6. The first-order valence-corrected chi connectivity index (χ1v) is 8.05. The minimum absolute atomic E-state index is 0.00604. The van der Waals surface area contributed by atoms with Crippen LogP contribution < -0.4 is 4.90 Å². The molecule has 0 bridgehead atoms. The second-order valence-electron chi connectivity index (χ2n) is 6.24. The first-order chi connectivity index (χ1) is 10.7. The van der Waals surface area contributed by atoms with Crippen LogP contribution in [0.4, 0.5) is 10.5 Å². The van der Waals surface area contributed by atoms with Crippen molar-refractivity contribution < 1.29 is 14.3 Å². The maximum atomic E-state index is 12.8. The van der Waals surface area contributed by atoms with E-state index in [0.717, 1.165) is 25.1 Å². The van der Waals surface area contributed by atoms with E-state index in [0.29, 0.717) is 19.7 Å². The van der Waals surface area contributed by atoms with Crippen molar-refractivity contribution in [3.05, 3.63) is 29.3 Å². The Hall–Kier alpha value is -2.04. The highest BCUT2D eigenvalue weighted by Gasteiger charge is 2.46. The summed E-state index contributed by atoms with van der Waals surface area (Å²) >= 11 is 0. The number of nitrogens with zero attached hydrogens (tertiary/aromatic N) is 2. The Morgan fingerprint density at radius 2 is 2.18 bits per heavy atom. The fraction of sp³-hybridized carbons (Fsp3) is 0.529. The highest BCUT2D eigenvalue weighted by Crippen LogP contribution is 2.47. The van der Waals surface area contributed by atoms with Crippen LogP contribution in [0.5, 0.6) is 0 Å². The van der Waals surface area contributed by atoms with E-state index in [1.54, 1.807) is 4.90 Å². The second kappa shape index (κ2) is 5.00. The number of hydrogen-bond acceptors (Lipinski definition) is 3. The molecule has 0 N–H and O–H groups in total. The van der Waals surface area contributed by atoms with Crippen LogP contribution in [-0.4, -0.2) is 43.1 Å². The van der Waals surface area contributed by atoms with E-state index < -0.39 is 0 Å². The van der Waals surface area contributed by atoms with Gasteiger partial charge in [-0.05, 0) is 30.9 Å². The average molecular weight is 300 g/mol. The van der Waals surface area contributed by atoms with E-state index in [4.69, 9.17) is 4.74 Å². The molecule has 1 aromatic carbocycles. The normalized spacial score (nSPS) is 25.8. The van der Waals surface area contributed by atoms with Crippen LogP contribution in [0.25, 0.3) is 0 Å². The van der Waals surface area contributed by atoms with Gasteiger partial charge in [0.15, 0.2) is 0 Å². The van der Waals surface area contributed by atoms with Crippen molar-refractivity contribution in [1.29, 1.82) is 0 Å². The summed E-state index contributed by atoms with van der Waals surface area (Å²) in [6, 6.07) is 6.31. The van der Waals surface area contributed by atoms with Crippen LogP contribution in [0, 0.1) is 5.92 Å². The Labute approximate surface area is 129 Å². The lowest BCUT2D eigenvalue weighted by atomic mass is 9.76. The lowest BCUT2D eigenvalue weighted by molar-refractivity contribution is -0.124. The van der Waals surface area contributed by atoms with Crippen molar-refractivity contribution in [1.82, 2.24) is 4.90 Å². The fourth-order valence-corrected chi connectivity index (χ4v) is 4.15. The Morgan fingerprint density at radius 3 is 3.00 bits per heavy atom. The molecule has 5 nitrogen and oxygen atoms in total. The number of ether oxygens (including phenoxy) is 1. The molecule has 0 aromatic heterocycles. The van der Waals surface area contributed by atoms with Crippen LogP contribution >= 0.6 is 0 Å². The lowest BCUT2D eigenvalue weighted by Crippen LogP contribution is -2.51. The molecule has 22 heavy (non-hydrogen) atoms. The molecule has 0 saturated carbocycles. The summed E-state index contributed by atoms with van der Waals surface area (Å²) in [4.78, 5) is 28.5. The van der Waals surface area contributed by atoms with Gasteiger partial charge in [0.25, 0.3) is 0 Å². The number of para-hydroxylation sites is 1. The number of carbonyl (C=O) groups excluding carboxylic acids is 2. The van der Waals surface area contributed by atoms with Gasteiger partial charge in [-0.3, -0.25) is 4.79 Å². The number of piperidine rings is 1. The zero-order valence-electron chi connectivity index (χ0n) is 12.7. The molecular weight excluding hydrogens is 280 g/mol. The van der Waals surface area contributed by atoms with Gasteiger partial charge in [-0.25, -0.2) is 4.79 Å². The number of rotatable bonds is 1. The largest absolute Gasteiger partial charge is 0.450 e. The minimum Gasteiger partial charge on any atom is -0.450 e. The van der Waals surface area contributed by atoms with Gasteiger partial charge in [-0.15, -0.1) is 0 Å². The minimum atomic E-state index is -0.261. The van der Waals surface area contributed by atoms with Gasteiger partial charge in [0.2, 0.25) is 5.91 Å². The molecular formula is C17H20N2O3. The van der Waals surface area contributed by atoms with Gasteiger partial charge >= 0.3 is 6.09 Å². The summed E-state index contributed by atoms with van der Waals surface area (Å²) in [5.74, 6) is 0.354. The van der Waals surface area contributed by atoms with Crippen LogP contribution in [0.15, 0.2) is 18.2 Å². The summed E-state index contributed by atoms with van der Waals surface area (Å²) in [6.45, 7) is 4.19. The molecule has 5 heteroatoms. The molecule has 0 unspecified atom stereocenters. The highest BCUT2D eigenvalue weighted by molar-refractivity contribution is 6.01. The topological polar surface area (TPSA) is 49.9 Å². The Kier molecular flexibility index (Phi) is 3.10. The first-order valence-electron chi connectivity index (χ1n) is 8.05. The molecule has 0 spiro atoms. The van der Waals surface area contributed by atoms with Gasteiger partial charge < -0.3 is 14.5 Å². The molecule has 4 rings (SSSR count). The number of likely N-dealkylation sites (tertiary alicyclic amines) is 1. The average Bonchev–Trinajstić information content (AvgIpc) is 2.97. The zero-order valence-corrected chi connectivity index (χ0v) is 12.7. The number of benzene rings is 1. The van der Waals surface area contributed by atoms with E-state index in [9.17, 15) is 9.59 Å². The van der Waals surface area contributed by atoms with Gasteiger partial charge in [-0.2, -0.15) is 0 Å². The molecule has 1 aromatic rings. The van der Waals surface area contributed by atoms with Gasteiger partial charge in [0.1, 0.15) is 0 Å². The van der Waals surface area contributed by atoms with Gasteiger partial charge in [0, 0.05) is 31.5 Å². The summed E-state index contributed by atoms with van der Waals surface area (Å²) < 4.78 is 5.12. The monoisotopic (exact) mass is 300 g/mol. The summed E-state index contributed by atoms with van der Waals surface area (Å²) in [5.41, 5.74) is 3.60. The molecule has 2 amide bonds. The van der Waals surface area contributed by atoms with E-state index in [1.807, 2.05) is 11.8 Å². The van der Waals surface area contributed by atoms with E-state index in [1.165, 1.54) is 11.1 Å². The Morgan fingerprint density at radius 1 is 1.32 bits per heavy atom. The molecule has 1 saturated heterocycles. The van der Waals surface area contributed by atoms with Crippen molar-refractivity contribution >= 4 is 17.7 Å². The quantitative estimate of drug-likeness (QED) is 0.798. The zero-order chi connectivity index (χ0) is 15.3. The highest BCUT2D eigenvalue weighted by atomic mass is 16.6. The third-order valence-electron chi connectivity index (χ3n) is 5.15. The van der Waals surface area contributed by atoms with Crippen molar-refractivity contribution in [2.45, 2.75) is 25.7 Å². The smallest absolute Gasteiger partial charge is 0.409 e. The number of hydrogen-bond donors (Lipinski definition) is 0. The predicted molar refractivity (Wildman–Crippen MR) is 81.9 cm³/mol. The summed E-state index contributed by atoms with van der Waals surface area (Å²) in [6.07, 6.45) is 1.40. The lowest BCUT2D eigenvalue weighted by Gasteiger charge is -2.43. The molecule has 1 fully saturated rings. The van der Waals surface area contributed by atoms with E-state index >= 15 is 0 Å². The van der Waals surface area contributed by atoms with Gasteiger partial charge in [0.05, 0.1) is 12.3 Å². The summed E-state index contributed by atoms with van der Waals surface area (Å²) in [5, 5.41) is 0. The third-order valence-corrected chi connectivity index (χ3v) is 5.15. The van der Waals surface area contributed by atoms with Crippen LogP contribution in [0.3, 0.4) is 0 Å². The molecule has 0 radical (unpaired) electrons. The van der Waals surface area contributed by atoms with Crippen molar-refractivity contribution in [2.24, 2.45) is 5.92 Å². The van der Waals surface area contributed by atoms with Crippen LogP contribution in [0.2, 0.25) is 0 Å². The fourth-order valence-electron chi connectivity index (χ4n) is 4.15. The molecule has 3 heterocycles. The summed E-state index contributed by atoms with van der Waals surface area (Å²) in [7, 11) is 0. The molecule has 116 valence electrons. The maximum Gasteiger partial charge on any atom is 0.409 e. The third kappa shape index (κ3) is 1.84. The van der Waals surface area contributed by atoms with Crippen molar-refractivity contribution in [2.75, 3.05) is 31.1 Å². The van der Waals surface area contributed by atoms with E-state index in [2.05, 4.69) is 18.2 Å². The maximum absolute atomic E-state index is 12.8. The van der Waals surface area contributed by atoms with Crippen LogP contribution in [-0.2, 0) is 16.0 Å². The number of fused-ring (bicyclic) bond motifs is 2.